The number of fused-ring (bicyclic) bond motifs is 1. The molecule has 8 heteroatoms. The molecule has 38 heavy (non-hydrogen) atoms. The number of likely N-dealkylation sites (tertiary alicyclic amines) is 1. The van der Waals surface area contributed by atoms with Crippen molar-refractivity contribution in [2.75, 3.05) is 13.1 Å². The number of nitrogens with zero attached hydrogens (tertiary/aromatic N) is 2. The van der Waals surface area contributed by atoms with E-state index in [1.807, 2.05) is 6.07 Å². The van der Waals surface area contributed by atoms with E-state index < -0.39 is 23.8 Å². The quantitative estimate of drug-likeness (QED) is 0.540. The Balaban J connectivity index is 1.19. The average molecular weight is 518 g/mol. The summed E-state index contributed by atoms with van der Waals surface area (Å²) < 4.78 is 5.96. The van der Waals surface area contributed by atoms with Crippen LogP contribution in [0.5, 0.6) is 0 Å². The summed E-state index contributed by atoms with van der Waals surface area (Å²) in [4.78, 5) is 53.7. The lowest BCUT2D eigenvalue weighted by Crippen LogP contribution is -2.54. The van der Waals surface area contributed by atoms with Crippen LogP contribution in [-0.2, 0) is 33.7 Å². The van der Waals surface area contributed by atoms with Crippen LogP contribution in [-0.4, -0.2) is 64.8 Å². The molecule has 3 aliphatic rings. The minimum absolute atomic E-state index is 0.109. The number of hydrogen-bond acceptors (Lipinski definition) is 6. The van der Waals surface area contributed by atoms with E-state index in [9.17, 15) is 19.2 Å². The summed E-state index contributed by atoms with van der Waals surface area (Å²) in [5.41, 5.74) is 3.94. The molecule has 0 bridgehead atoms. The third-order valence-electron chi connectivity index (χ3n) is 7.67. The maximum atomic E-state index is 13.3. The number of hydrogen-bond donors (Lipinski definition) is 1. The van der Waals surface area contributed by atoms with E-state index in [4.69, 9.17) is 4.74 Å². The lowest BCUT2D eigenvalue weighted by Gasteiger charge is -2.32. The van der Waals surface area contributed by atoms with Gasteiger partial charge in [0, 0.05) is 26.1 Å². The Labute approximate surface area is 223 Å². The predicted octanol–water partition coefficient (Wildman–Crippen LogP) is 3.26. The van der Waals surface area contributed by atoms with Crippen molar-refractivity contribution in [3.8, 4) is 0 Å². The van der Waals surface area contributed by atoms with Gasteiger partial charge in [-0.25, -0.2) is 0 Å². The van der Waals surface area contributed by atoms with E-state index >= 15 is 0 Å². The Bertz CT molecular complexity index is 1230. The average Bonchev–Trinajstić information content (AvgIpc) is 3.15. The minimum atomic E-state index is -0.950. The van der Waals surface area contributed by atoms with Gasteiger partial charge in [0.05, 0.1) is 23.3 Å². The zero-order valence-corrected chi connectivity index (χ0v) is 22.1. The second-order valence-corrected chi connectivity index (χ2v) is 10.8. The highest BCUT2D eigenvalue weighted by molar-refractivity contribution is 6.24. The molecule has 0 spiro atoms. The van der Waals surface area contributed by atoms with Gasteiger partial charge in [0.25, 0.3) is 11.8 Å². The number of carbonyl (C=O) groups excluding carboxylic acids is 4. The van der Waals surface area contributed by atoms with Crippen LogP contribution in [0.3, 0.4) is 0 Å². The smallest absolute Gasteiger partial charge is 0.262 e. The van der Waals surface area contributed by atoms with Gasteiger partial charge in [-0.2, -0.15) is 0 Å². The maximum absolute atomic E-state index is 13.3. The minimum Gasteiger partial charge on any atom is -0.375 e. The number of nitrogens with one attached hydrogen (secondary N) is 1. The van der Waals surface area contributed by atoms with Crippen molar-refractivity contribution in [3.05, 3.63) is 70.3 Å². The molecule has 200 valence electrons. The highest BCUT2D eigenvalue weighted by Gasteiger charge is 2.45. The van der Waals surface area contributed by atoms with Crippen LogP contribution >= 0.6 is 0 Å². The van der Waals surface area contributed by atoms with Crippen LogP contribution < -0.4 is 5.32 Å². The molecule has 3 heterocycles. The summed E-state index contributed by atoms with van der Waals surface area (Å²) in [5, 5.41) is 2.24. The fourth-order valence-corrected chi connectivity index (χ4v) is 5.73. The molecule has 2 saturated heterocycles. The van der Waals surface area contributed by atoms with E-state index in [0.29, 0.717) is 23.7 Å². The van der Waals surface area contributed by atoms with E-state index in [0.717, 1.165) is 54.9 Å². The molecule has 0 aliphatic carbocycles. The molecule has 3 aliphatic heterocycles. The van der Waals surface area contributed by atoms with Crippen molar-refractivity contribution in [3.63, 3.8) is 0 Å². The molecule has 5 rings (SSSR count). The summed E-state index contributed by atoms with van der Waals surface area (Å²) in [6.45, 7) is 7.19. The number of benzene rings is 2. The second-order valence-electron chi connectivity index (χ2n) is 10.8. The molecular formula is C30H35N3O5. The molecule has 0 aromatic heterocycles. The van der Waals surface area contributed by atoms with Crippen LogP contribution in [0.1, 0.15) is 76.9 Å². The number of carbonyl (C=O) groups is 4. The molecule has 8 nitrogen and oxygen atoms in total. The standard InChI is InChI=1S/C30H35N3O5/c1-19(2)38-23-14-16-32(17-15-23)18-21-8-6-20(7-9-21)10-11-22-4-3-5-24-27(22)30(37)33(29(24)36)25-12-13-26(34)31-28(25)35/h3-9,19,23,25H,10-18H2,1-2H3,(H,31,34,35). The molecular weight excluding hydrogens is 482 g/mol. The van der Waals surface area contributed by atoms with Gasteiger partial charge in [-0.1, -0.05) is 36.4 Å². The fraction of sp³-hybridized carbons (Fsp3) is 0.467. The van der Waals surface area contributed by atoms with Crippen molar-refractivity contribution >= 4 is 23.6 Å². The van der Waals surface area contributed by atoms with E-state index in [-0.39, 0.29) is 24.9 Å². The van der Waals surface area contributed by atoms with Gasteiger partial charge in [-0.05, 0) is 68.7 Å². The number of amides is 4. The first-order chi connectivity index (χ1) is 18.3. The van der Waals surface area contributed by atoms with Gasteiger partial charge >= 0.3 is 0 Å². The molecule has 2 aromatic carbocycles. The first-order valence-corrected chi connectivity index (χ1v) is 13.6. The first-order valence-electron chi connectivity index (χ1n) is 13.6. The molecule has 2 aromatic rings. The van der Waals surface area contributed by atoms with Crippen molar-refractivity contribution in [1.29, 1.82) is 0 Å². The van der Waals surface area contributed by atoms with Crippen LogP contribution in [0, 0.1) is 0 Å². The zero-order valence-electron chi connectivity index (χ0n) is 22.1. The Morgan fingerprint density at radius 3 is 2.29 bits per heavy atom. The molecule has 4 amide bonds. The monoisotopic (exact) mass is 517 g/mol. The molecule has 0 radical (unpaired) electrons. The molecule has 1 N–H and O–H groups in total. The van der Waals surface area contributed by atoms with Gasteiger partial charge in [-0.3, -0.25) is 34.3 Å². The number of aryl methyl sites for hydroxylation is 2. The molecule has 1 atom stereocenters. The van der Waals surface area contributed by atoms with Gasteiger partial charge < -0.3 is 4.74 Å². The third kappa shape index (κ3) is 5.56. The second kappa shape index (κ2) is 11.2. The highest BCUT2D eigenvalue weighted by Crippen LogP contribution is 2.30. The predicted molar refractivity (Wildman–Crippen MR) is 141 cm³/mol. The Morgan fingerprint density at radius 2 is 1.61 bits per heavy atom. The largest absolute Gasteiger partial charge is 0.375 e. The van der Waals surface area contributed by atoms with Crippen molar-refractivity contribution < 1.29 is 23.9 Å². The van der Waals surface area contributed by atoms with E-state index in [2.05, 4.69) is 48.3 Å². The van der Waals surface area contributed by atoms with Crippen molar-refractivity contribution in [2.45, 2.75) is 77.2 Å². The van der Waals surface area contributed by atoms with Crippen LogP contribution in [0.4, 0.5) is 0 Å². The van der Waals surface area contributed by atoms with Crippen molar-refractivity contribution in [1.82, 2.24) is 15.1 Å². The number of piperidine rings is 2. The Hall–Kier alpha value is -3.36. The van der Waals surface area contributed by atoms with Gasteiger partial charge in [0.15, 0.2) is 0 Å². The third-order valence-corrected chi connectivity index (χ3v) is 7.67. The van der Waals surface area contributed by atoms with Gasteiger partial charge in [0.2, 0.25) is 11.8 Å². The lowest BCUT2D eigenvalue weighted by atomic mass is 9.96. The van der Waals surface area contributed by atoms with Gasteiger partial charge in [0.1, 0.15) is 6.04 Å². The van der Waals surface area contributed by atoms with E-state index in [1.165, 1.54) is 5.56 Å². The maximum Gasteiger partial charge on any atom is 0.262 e. The van der Waals surface area contributed by atoms with Crippen LogP contribution in [0.2, 0.25) is 0 Å². The molecule has 1 unspecified atom stereocenters. The summed E-state index contributed by atoms with van der Waals surface area (Å²) in [5.74, 6) is -1.89. The number of imide groups is 2. The van der Waals surface area contributed by atoms with Crippen molar-refractivity contribution in [2.24, 2.45) is 0 Å². The Kier molecular flexibility index (Phi) is 7.72. The molecule has 0 saturated carbocycles. The summed E-state index contributed by atoms with van der Waals surface area (Å²) in [7, 11) is 0. The van der Waals surface area contributed by atoms with E-state index in [1.54, 1.807) is 12.1 Å². The summed E-state index contributed by atoms with van der Waals surface area (Å²) >= 11 is 0. The van der Waals surface area contributed by atoms with Gasteiger partial charge in [-0.15, -0.1) is 0 Å². The summed E-state index contributed by atoms with van der Waals surface area (Å²) in [6.07, 6.45) is 4.38. The summed E-state index contributed by atoms with van der Waals surface area (Å²) in [6, 6.07) is 12.9. The topological polar surface area (TPSA) is 96.0 Å². The fourth-order valence-electron chi connectivity index (χ4n) is 5.73. The normalized spacial score (nSPS) is 20.8. The Morgan fingerprint density at radius 1 is 0.895 bits per heavy atom. The SMILES string of the molecule is CC(C)OC1CCN(Cc2ccc(CCc3cccc4c3C(=O)N(C3CCC(=O)NC3=O)C4=O)cc2)CC1. The number of ether oxygens (including phenoxy) is 1. The first kappa shape index (κ1) is 26.3. The molecule has 2 fully saturated rings. The number of rotatable bonds is 8. The van der Waals surface area contributed by atoms with Crippen LogP contribution in [0.15, 0.2) is 42.5 Å². The van der Waals surface area contributed by atoms with Crippen LogP contribution in [0.25, 0.3) is 0 Å². The lowest BCUT2D eigenvalue weighted by molar-refractivity contribution is -0.136. The zero-order chi connectivity index (χ0) is 26.8. The highest BCUT2D eigenvalue weighted by atomic mass is 16.5.